The summed E-state index contributed by atoms with van der Waals surface area (Å²) in [6.45, 7) is 5.19. The molecule has 0 rings (SSSR count). The van der Waals surface area contributed by atoms with Gasteiger partial charge in [-0.2, -0.15) is 0 Å². The summed E-state index contributed by atoms with van der Waals surface area (Å²) in [5.74, 6) is -0.401. The van der Waals surface area contributed by atoms with Gasteiger partial charge < -0.3 is 19.1 Å². The number of unbranched alkanes of at least 4 members (excludes halogenated alkanes) is 3. The van der Waals surface area contributed by atoms with E-state index in [1.54, 1.807) is 0 Å². The molecule has 0 bridgehead atoms. The van der Waals surface area contributed by atoms with Crippen LogP contribution >= 0.6 is 0 Å². The van der Waals surface area contributed by atoms with Crippen LogP contribution in [0.4, 0.5) is 0 Å². The number of carbonyl (C=O) groups is 4. The minimum atomic E-state index is -0.420. The molecule has 0 aliphatic rings. The van der Waals surface area contributed by atoms with E-state index >= 15 is 0 Å². The van der Waals surface area contributed by atoms with E-state index in [9.17, 15) is 19.2 Å². The molecule has 0 saturated heterocycles. The molecule has 1 atom stereocenters. The van der Waals surface area contributed by atoms with Crippen LogP contribution in [0.3, 0.4) is 0 Å². The van der Waals surface area contributed by atoms with Gasteiger partial charge in [0.2, 0.25) is 0 Å². The minimum Gasteiger partial charge on any atom is -0.462 e. The lowest BCUT2D eigenvalue weighted by Gasteiger charge is -2.18. The molecule has 0 N–H and O–H groups in total. The normalized spacial score (nSPS) is 11.7. The Morgan fingerprint density at radius 1 is 0.731 bits per heavy atom. The molecular formula is C20H34O6. The van der Waals surface area contributed by atoms with Crippen LogP contribution < -0.4 is 0 Å². The topological polar surface area (TPSA) is 86.7 Å². The lowest BCUT2D eigenvalue weighted by atomic mass is 10.1. The molecule has 1 unspecified atom stereocenters. The number of Topliss-reactive ketones (excluding diaryl/α,β-unsaturated/α-hetero) is 2. The second-order valence-electron chi connectivity index (χ2n) is 6.76. The van der Waals surface area contributed by atoms with Crippen LogP contribution in [0.25, 0.3) is 0 Å². The highest BCUT2D eigenvalue weighted by Crippen LogP contribution is 2.10. The van der Waals surface area contributed by atoms with Crippen molar-refractivity contribution >= 4 is 23.5 Å². The molecule has 0 heterocycles. The van der Waals surface area contributed by atoms with Crippen LogP contribution in [0.2, 0.25) is 0 Å². The fourth-order valence-electron chi connectivity index (χ4n) is 2.40. The van der Waals surface area contributed by atoms with Crippen molar-refractivity contribution in [3.63, 3.8) is 0 Å². The average molecular weight is 370 g/mol. The van der Waals surface area contributed by atoms with Gasteiger partial charge >= 0.3 is 11.9 Å². The first-order valence-electron chi connectivity index (χ1n) is 9.69. The van der Waals surface area contributed by atoms with Crippen LogP contribution in [0.1, 0.15) is 91.4 Å². The molecule has 0 aliphatic carbocycles. The molecule has 0 radical (unpaired) electrons. The fourth-order valence-corrected chi connectivity index (χ4v) is 2.40. The van der Waals surface area contributed by atoms with Crippen molar-refractivity contribution < 1.29 is 28.7 Å². The molecule has 26 heavy (non-hydrogen) atoms. The Labute approximate surface area is 157 Å². The highest BCUT2D eigenvalue weighted by atomic mass is 16.6. The van der Waals surface area contributed by atoms with Crippen molar-refractivity contribution in [2.75, 3.05) is 6.61 Å². The minimum absolute atomic E-state index is 0.0741. The fraction of sp³-hybridized carbons (Fsp3) is 0.800. The van der Waals surface area contributed by atoms with Gasteiger partial charge in [-0.25, -0.2) is 0 Å². The van der Waals surface area contributed by atoms with E-state index in [-0.39, 0.29) is 43.0 Å². The standard InChI is InChI=1S/C20H34O6/c1-4-5-12-18(26-20(24)14-9-7-11-17(3)22)15-25-19(23)13-8-6-10-16(2)21/h18H,4-15H2,1-3H3. The molecule has 6 heteroatoms. The monoisotopic (exact) mass is 370 g/mol. The lowest BCUT2D eigenvalue weighted by Crippen LogP contribution is -2.25. The van der Waals surface area contributed by atoms with E-state index in [2.05, 4.69) is 0 Å². The predicted molar refractivity (Wildman–Crippen MR) is 98.7 cm³/mol. The third-order valence-electron chi connectivity index (χ3n) is 3.93. The zero-order chi connectivity index (χ0) is 19.8. The molecular weight excluding hydrogens is 336 g/mol. The highest BCUT2D eigenvalue weighted by Gasteiger charge is 2.16. The molecule has 0 aromatic rings. The van der Waals surface area contributed by atoms with Gasteiger partial charge in [0, 0.05) is 25.7 Å². The Morgan fingerprint density at radius 3 is 1.73 bits per heavy atom. The second kappa shape index (κ2) is 15.5. The maximum atomic E-state index is 11.9. The summed E-state index contributed by atoms with van der Waals surface area (Å²) in [4.78, 5) is 45.4. The van der Waals surface area contributed by atoms with Crippen LogP contribution in [-0.4, -0.2) is 36.2 Å². The van der Waals surface area contributed by atoms with Gasteiger partial charge in [-0.3, -0.25) is 9.59 Å². The second-order valence-corrected chi connectivity index (χ2v) is 6.76. The molecule has 0 aromatic carbocycles. The van der Waals surface area contributed by atoms with Crippen molar-refractivity contribution in [1.82, 2.24) is 0 Å². The Kier molecular flexibility index (Phi) is 14.5. The number of hydrogen-bond donors (Lipinski definition) is 0. The van der Waals surface area contributed by atoms with E-state index in [1.165, 1.54) is 13.8 Å². The summed E-state index contributed by atoms with van der Waals surface area (Å²) in [5.41, 5.74) is 0. The van der Waals surface area contributed by atoms with Crippen molar-refractivity contribution in [2.24, 2.45) is 0 Å². The SMILES string of the molecule is CCCCC(COC(=O)CCCCC(C)=O)OC(=O)CCCCC(C)=O. The quantitative estimate of drug-likeness (QED) is 0.302. The first kappa shape index (κ1) is 24.3. The van der Waals surface area contributed by atoms with Gasteiger partial charge in [-0.05, 0) is 52.4 Å². The van der Waals surface area contributed by atoms with Crippen molar-refractivity contribution in [3.8, 4) is 0 Å². The van der Waals surface area contributed by atoms with Gasteiger partial charge in [0.25, 0.3) is 0 Å². The molecule has 0 amide bonds. The molecule has 0 fully saturated rings. The summed E-state index contributed by atoms with van der Waals surface area (Å²) in [7, 11) is 0. The predicted octanol–water partition coefficient (Wildman–Crippen LogP) is 3.93. The Balaban J connectivity index is 4.09. The molecule has 0 aliphatic heterocycles. The summed E-state index contributed by atoms with van der Waals surface area (Å²) in [6, 6.07) is 0. The first-order chi connectivity index (χ1) is 12.3. The van der Waals surface area contributed by atoms with Crippen LogP contribution in [-0.2, 0) is 28.7 Å². The van der Waals surface area contributed by atoms with E-state index in [0.29, 0.717) is 44.9 Å². The zero-order valence-corrected chi connectivity index (χ0v) is 16.5. The Bertz CT molecular complexity index is 444. The van der Waals surface area contributed by atoms with Crippen LogP contribution in [0.15, 0.2) is 0 Å². The number of hydrogen-bond acceptors (Lipinski definition) is 6. The van der Waals surface area contributed by atoms with Crippen molar-refractivity contribution in [3.05, 3.63) is 0 Å². The van der Waals surface area contributed by atoms with E-state index in [1.807, 2.05) is 6.92 Å². The first-order valence-corrected chi connectivity index (χ1v) is 9.69. The van der Waals surface area contributed by atoms with Crippen LogP contribution in [0, 0.1) is 0 Å². The smallest absolute Gasteiger partial charge is 0.306 e. The maximum Gasteiger partial charge on any atom is 0.306 e. The van der Waals surface area contributed by atoms with Gasteiger partial charge in [-0.15, -0.1) is 0 Å². The van der Waals surface area contributed by atoms with Crippen molar-refractivity contribution in [2.45, 2.75) is 97.5 Å². The molecule has 0 saturated carbocycles. The van der Waals surface area contributed by atoms with Gasteiger partial charge in [-0.1, -0.05) is 13.3 Å². The number of ether oxygens (including phenoxy) is 2. The summed E-state index contributed by atoms with van der Waals surface area (Å²) in [6.07, 6.45) is 6.19. The summed E-state index contributed by atoms with van der Waals surface area (Å²) in [5, 5.41) is 0. The van der Waals surface area contributed by atoms with Crippen LogP contribution in [0.5, 0.6) is 0 Å². The number of esters is 2. The molecule has 6 nitrogen and oxygen atoms in total. The molecule has 0 aromatic heterocycles. The maximum absolute atomic E-state index is 11.9. The number of carbonyl (C=O) groups excluding carboxylic acids is 4. The summed E-state index contributed by atoms with van der Waals surface area (Å²) < 4.78 is 10.6. The Hall–Kier alpha value is -1.72. The zero-order valence-electron chi connectivity index (χ0n) is 16.5. The van der Waals surface area contributed by atoms with Crippen molar-refractivity contribution in [1.29, 1.82) is 0 Å². The number of ketones is 2. The largest absolute Gasteiger partial charge is 0.462 e. The van der Waals surface area contributed by atoms with E-state index < -0.39 is 6.10 Å². The lowest BCUT2D eigenvalue weighted by molar-refractivity contribution is -0.159. The molecule has 150 valence electrons. The van der Waals surface area contributed by atoms with E-state index in [4.69, 9.17) is 9.47 Å². The average Bonchev–Trinajstić information content (AvgIpc) is 2.57. The van der Waals surface area contributed by atoms with E-state index in [0.717, 1.165) is 12.8 Å². The third kappa shape index (κ3) is 15.8. The Morgan fingerprint density at radius 2 is 1.23 bits per heavy atom. The van der Waals surface area contributed by atoms with Gasteiger partial charge in [0.05, 0.1) is 0 Å². The van der Waals surface area contributed by atoms with Gasteiger partial charge in [0.15, 0.2) is 0 Å². The number of rotatable bonds is 16. The molecule has 0 spiro atoms. The summed E-state index contributed by atoms with van der Waals surface area (Å²) >= 11 is 0. The highest BCUT2D eigenvalue weighted by molar-refractivity contribution is 5.76. The van der Waals surface area contributed by atoms with Gasteiger partial charge in [0.1, 0.15) is 24.3 Å². The third-order valence-corrected chi connectivity index (χ3v) is 3.93.